The van der Waals surface area contributed by atoms with Crippen LogP contribution in [0.1, 0.15) is 48.3 Å². The first kappa shape index (κ1) is 20.7. The van der Waals surface area contributed by atoms with Crippen LogP contribution in [0.25, 0.3) is 0 Å². The molecule has 1 saturated heterocycles. The first-order valence-electron chi connectivity index (χ1n) is 9.80. The standard InChI is InChI=1S/C21H27N5O3/c1-14(27)26-16-12-17(29-19(13-16)18-5-3-4-8-23-18)7-10-25-21(28)15-6-9-24-20(11-15)22-2/h3-6,8-9,11,16-17,19H,7,10,12-13H2,1-2H3,(H,22,24)(H,25,28)(H,26,27)/t16-,17+,19+/m0/s1. The summed E-state index contributed by atoms with van der Waals surface area (Å²) in [7, 11) is 1.76. The van der Waals surface area contributed by atoms with Gasteiger partial charge in [0, 0.05) is 44.5 Å². The first-order chi connectivity index (χ1) is 14.0. The molecule has 29 heavy (non-hydrogen) atoms. The van der Waals surface area contributed by atoms with Crippen molar-refractivity contribution in [3.05, 3.63) is 54.0 Å². The summed E-state index contributed by atoms with van der Waals surface area (Å²) >= 11 is 0. The summed E-state index contributed by atoms with van der Waals surface area (Å²) in [5.74, 6) is 0.436. The molecular formula is C21H27N5O3. The molecule has 3 atom stereocenters. The number of rotatable bonds is 7. The summed E-state index contributed by atoms with van der Waals surface area (Å²) in [5.41, 5.74) is 1.41. The molecule has 0 spiro atoms. The Morgan fingerprint density at radius 3 is 2.76 bits per heavy atom. The smallest absolute Gasteiger partial charge is 0.251 e. The zero-order valence-corrected chi connectivity index (χ0v) is 16.7. The number of hydrogen-bond donors (Lipinski definition) is 3. The lowest BCUT2D eigenvalue weighted by atomic mass is 9.94. The molecule has 1 fully saturated rings. The molecular weight excluding hydrogens is 370 g/mol. The lowest BCUT2D eigenvalue weighted by Gasteiger charge is -2.35. The molecule has 154 valence electrons. The molecule has 8 nitrogen and oxygen atoms in total. The third-order valence-corrected chi connectivity index (χ3v) is 4.86. The maximum absolute atomic E-state index is 12.4. The van der Waals surface area contributed by atoms with Crippen LogP contribution in [-0.4, -0.2) is 47.5 Å². The zero-order chi connectivity index (χ0) is 20.6. The molecule has 3 heterocycles. The Labute approximate surface area is 170 Å². The van der Waals surface area contributed by atoms with Crippen LogP contribution in [0.2, 0.25) is 0 Å². The van der Waals surface area contributed by atoms with Gasteiger partial charge in [-0.3, -0.25) is 14.6 Å². The van der Waals surface area contributed by atoms with Gasteiger partial charge in [-0.25, -0.2) is 4.98 Å². The van der Waals surface area contributed by atoms with E-state index in [9.17, 15) is 9.59 Å². The molecule has 2 aromatic rings. The van der Waals surface area contributed by atoms with E-state index >= 15 is 0 Å². The molecule has 0 radical (unpaired) electrons. The van der Waals surface area contributed by atoms with Gasteiger partial charge in [-0.05, 0) is 43.5 Å². The van der Waals surface area contributed by atoms with E-state index in [1.807, 2.05) is 18.2 Å². The number of carbonyl (C=O) groups is 2. The average Bonchev–Trinajstić information content (AvgIpc) is 2.73. The average molecular weight is 397 g/mol. The van der Waals surface area contributed by atoms with Crippen LogP contribution in [-0.2, 0) is 9.53 Å². The van der Waals surface area contributed by atoms with E-state index in [2.05, 4.69) is 25.9 Å². The summed E-state index contributed by atoms with van der Waals surface area (Å²) in [5, 5.41) is 8.85. The molecule has 1 aliphatic rings. The summed E-state index contributed by atoms with van der Waals surface area (Å²) in [4.78, 5) is 32.4. The van der Waals surface area contributed by atoms with Crippen LogP contribution in [0.5, 0.6) is 0 Å². The van der Waals surface area contributed by atoms with Gasteiger partial charge in [0.2, 0.25) is 5.91 Å². The molecule has 2 amide bonds. The molecule has 8 heteroatoms. The van der Waals surface area contributed by atoms with Crippen molar-refractivity contribution in [1.82, 2.24) is 20.6 Å². The number of aromatic nitrogens is 2. The lowest BCUT2D eigenvalue weighted by molar-refractivity contribution is -0.122. The zero-order valence-electron chi connectivity index (χ0n) is 16.7. The van der Waals surface area contributed by atoms with Crippen molar-refractivity contribution < 1.29 is 14.3 Å². The number of pyridine rings is 2. The van der Waals surface area contributed by atoms with E-state index in [0.29, 0.717) is 37.2 Å². The summed E-state index contributed by atoms with van der Waals surface area (Å²) in [6, 6.07) is 9.13. The second kappa shape index (κ2) is 9.97. The number of amides is 2. The number of hydrogen-bond acceptors (Lipinski definition) is 6. The van der Waals surface area contributed by atoms with E-state index in [0.717, 1.165) is 5.69 Å². The molecule has 0 aliphatic carbocycles. The van der Waals surface area contributed by atoms with Crippen LogP contribution in [0.4, 0.5) is 5.82 Å². The van der Waals surface area contributed by atoms with Crippen molar-refractivity contribution in [2.24, 2.45) is 0 Å². The highest BCUT2D eigenvalue weighted by molar-refractivity contribution is 5.94. The van der Waals surface area contributed by atoms with Crippen LogP contribution >= 0.6 is 0 Å². The highest BCUT2D eigenvalue weighted by atomic mass is 16.5. The highest BCUT2D eigenvalue weighted by Crippen LogP contribution is 2.31. The van der Waals surface area contributed by atoms with E-state index < -0.39 is 0 Å². The highest BCUT2D eigenvalue weighted by Gasteiger charge is 2.31. The normalized spacial score (nSPS) is 21.2. The molecule has 0 unspecified atom stereocenters. The molecule has 2 aromatic heterocycles. The summed E-state index contributed by atoms with van der Waals surface area (Å²) in [6.07, 6.45) is 5.11. The SMILES string of the molecule is CNc1cc(C(=O)NCC[C@@H]2C[C@H](NC(C)=O)C[C@H](c3ccccn3)O2)ccn1. The molecule has 3 rings (SSSR count). The van der Waals surface area contributed by atoms with Crippen molar-refractivity contribution in [3.8, 4) is 0 Å². The maximum atomic E-state index is 12.4. The molecule has 0 saturated carbocycles. The van der Waals surface area contributed by atoms with Crippen molar-refractivity contribution in [1.29, 1.82) is 0 Å². The summed E-state index contributed by atoms with van der Waals surface area (Å²) < 4.78 is 6.22. The fourth-order valence-corrected chi connectivity index (χ4v) is 3.52. The molecule has 0 aromatic carbocycles. The number of carbonyl (C=O) groups excluding carboxylic acids is 2. The van der Waals surface area contributed by atoms with Crippen LogP contribution in [0.15, 0.2) is 42.7 Å². The third kappa shape index (κ3) is 5.99. The minimum absolute atomic E-state index is 0.0207. The Morgan fingerprint density at radius 1 is 1.17 bits per heavy atom. The minimum Gasteiger partial charge on any atom is -0.373 e. The third-order valence-electron chi connectivity index (χ3n) is 4.86. The number of nitrogens with zero attached hydrogens (tertiary/aromatic N) is 2. The fraction of sp³-hybridized carbons (Fsp3) is 0.429. The van der Waals surface area contributed by atoms with Crippen LogP contribution in [0, 0.1) is 0 Å². The Morgan fingerprint density at radius 2 is 2.03 bits per heavy atom. The topological polar surface area (TPSA) is 105 Å². The largest absolute Gasteiger partial charge is 0.373 e. The van der Waals surface area contributed by atoms with Gasteiger partial charge in [-0.2, -0.15) is 0 Å². The molecule has 1 aliphatic heterocycles. The van der Waals surface area contributed by atoms with E-state index in [-0.39, 0.29) is 30.1 Å². The second-order valence-corrected chi connectivity index (χ2v) is 7.09. The van der Waals surface area contributed by atoms with Crippen molar-refractivity contribution in [3.63, 3.8) is 0 Å². The van der Waals surface area contributed by atoms with Crippen molar-refractivity contribution in [2.75, 3.05) is 18.9 Å². The summed E-state index contributed by atoms with van der Waals surface area (Å²) in [6.45, 7) is 2.00. The van der Waals surface area contributed by atoms with Crippen LogP contribution in [0.3, 0.4) is 0 Å². The van der Waals surface area contributed by atoms with E-state index in [4.69, 9.17) is 4.74 Å². The fourth-order valence-electron chi connectivity index (χ4n) is 3.52. The predicted molar refractivity (Wildman–Crippen MR) is 109 cm³/mol. The van der Waals surface area contributed by atoms with Gasteiger partial charge in [-0.15, -0.1) is 0 Å². The quantitative estimate of drug-likeness (QED) is 0.661. The number of anilines is 1. The minimum atomic E-state index is -0.180. The number of ether oxygens (including phenoxy) is 1. The molecule has 3 N–H and O–H groups in total. The lowest BCUT2D eigenvalue weighted by Crippen LogP contribution is -2.43. The second-order valence-electron chi connectivity index (χ2n) is 7.09. The van der Waals surface area contributed by atoms with E-state index in [1.165, 1.54) is 6.92 Å². The van der Waals surface area contributed by atoms with Gasteiger partial charge in [0.1, 0.15) is 11.9 Å². The molecule has 0 bridgehead atoms. The van der Waals surface area contributed by atoms with Gasteiger partial charge in [0.05, 0.1) is 11.8 Å². The maximum Gasteiger partial charge on any atom is 0.251 e. The van der Waals surface area contributed by atoms with Gasteiger partial charge < -0.3 is 20.7 Å². The monoisotopic (exact) mass is 397 g/mol. The van der Waals surface area contributed by atoms with Gasteiger partial charge in [0.15, 0.2) is 0 Å². The van der Waals surface area contributed by atoms with Gasteiger partial charge >= 0.3 is 0 Å². The Hall–Kier alpha value is -3.00. The van der Waals surface area contributed by atoms with Crippen molar-refractivity contribution in [2.45, 2.75) is 44.4 Å². The predicted octanol–water partition coefficient (Wildman–Crippen LogP) is 2.06. The Balaban J connectivity index is 1.58. The number of nitrogens with one attached hydrogen (secondary N) is 3. The first-order valence-corrected chi connectivity index (χ1v) is 9.80. The van der Waals surface area contributed by atoms with Gasteiger partial charge in [-0.1, -0.05) is 6.07 Å². The van der Waals surface area contributed by atoms with Crippen molar-refractivity contribution >= 4 is 17.6 Å². The van der Waals surface area contributed by atoms with Gasteiger partial charge in [0.25, 0.3) is 5.91 Å². The van der Waals surface area contributed by atoms with E-state index in [1.54, 1.807) is 31.6 Å². The Bertz CT molecular complexity index is 830. The Kier molecular flexibility index (Phi) is 7.13. The van der Waals surface area contributed by atoms with Crippen LogP contribution < -0.4 is 16.0 Å².